The molecule has 0 radical (unpaired) electrons. The van der Waals surface area contributed by atoms with Crippen LogP contribution in [-0.2, 0) is 0 Å². The normalized spacial score (nSPS) is 22.0. The van der Waals surface area contributed by atoms with Gasteiger partial charge in [-0.25, -0.2) is 0 Å². The maximum Gasteiger partial charge on any atom is 0.231 e. The van der Waals surface area contributed by atoms with Crippen LogP contribution in [0.1, 0.15) is 23.5 Å². The second kappa shape index (κ2) is 5.50. The molecule has 5 nitrogen and oxygen atoms in total. The van der Waals surface area contributed by atoms with E-state index in [1.165, 1.54) is 5.56 Å². The Labute approximate surface area is 134 Å². The van der Waals surface area contributed by atoms with Gasteiger partial charge in [0.1, 0.15) is 5.75 Å². The molecule has 4 rings (SSSR count). The minimum absolute atomic E-state index is 0.216. The molecular formula is C18H17NO4. The fourth-order valence-corrected chi connectivity index (χ4v) is 3.12. The summed E-state index contributed by atoms with van der Waals surface area (Å²) in [5.41, 5.74) is 2.82. The summed E-state index contributed by atoms with van der Waals surface area (Å²) in [6.07, 6.45) is 0.963. The molecule has 118 valence electrons. The van der Waals surface area contributed by atoms with E-state index >= 15 is 0 Å². The van der Waals surface area contributed by atoms with Gasteiger partial charge >= 0.3 is 0 Å². The molecule has 0 saturated heterocycles. The Balaban J connectivity index is 1.54. The molecule has 2 aromatic rings. The summed E-state index contributed by atoms with van der Waals surface area (Å²) < 4.78 is 15.9. The lowest BCUT2D eigenvalue weighted by Crippen LogP contribution is -2.05. The topological polar surface area (TPSA) is 60.3 Å². The van der Waals surface area contributed by atoms with Crippen LogP contribution >= 0.6 is 0 Å². The van der Waals surface area contributed by atoms with Gasteiger partial charge in [-0.1, -0.05) is 11.2 Å². The zero-order valence-electron chi connectivity index (χ0n) is 12.7. The Morgan fingerprint density at radius 3 is 2.65 bits per heavy atom. The van der Waals surface area contributed by atoms with E-state index in [1.54, 1.807) is 7.11 Å². The maximum atomic E-state index is 9.45. The average molecular weight is 311 g/mol. The Hall–Kier alpha value is -2.69. The van der Waals surface area contributed by atoms with Crippen molar-refractivity contribution in [2.45, 2.75) is 12.3 Å². The van der Waals surface area contributed by atoms with E-state index in [1.807, 2.05) is 36.4 Å². The molecule has 0 spiro atoms. The molecule has 1 aliphatic heterocycles. The number of oxime groups is 1. The third-order valence-corrected chi connectivity index (χ3v) is 4.46. The van der Waals surface area contributed by atoms with E-state index in [-0.39, 0.29) is 12.7 Å². The average Bonchev–Trinajstić information content (AvgIpc) is 3.23. The van der Waals surface area contributed by atoms with Gasteiger partial charge < -0.3 is 19.4 Å². The molecule has 0 bridgehead atoms. The molecule has 1 N–H and O–H groups in total. The fraction of sp³-hybridized carbons (Fsp3) is 0.278. The zero-order chi connectivity index (χ0) is 15.8. The quantitative estimate of drug-likeness (QED) is 0.534. The number of methoxy groups -OCH3 is 1. The van der Waals surface area contributed by atoms with Gasteiger partial charge in [-0.2, -0.15) is 0 Å². The van der Waals surface area contributed by atoms with Crippen LogP contribution in [0.15, 0.2) is 47.6 Å². The van der Waals surface area contributed by atoms with Gasteiger partial charge in [-0.3, -0.25) is 0 Å². The molecular weight excluding hydrogens is 294 g/mol. The first-order valence-corrected chi connectivity index (χ1v) is 7.56. The first-order valence-electron chi connectivity index (χ1n) is 7.56. The van der Waals surface area contributed by atoms with E-state index < -0.39 is 0 Å². The second-order valence-corrected chi connectivity index (χ2v) is 5.78. The molecule has 2 unspecified atom stereocenters. The molecule has 5 heteroatoms. The van der Waals surface area contributed by atoms with Crippen LogP contribution in [-0.4, -0.2) is 24.8 Å². The largest absolute Gasteiger partial charge is 0.497 e. The lowest BCUT2D eigenvalue weighted by molar-refractivity contribution is 0.174. The highest BCUT2D eigenvalue weighted by molar-refractivity contribution is 6.04. The Kier molecular flexibility index (Phi) is 3.33. The van der Waals surface area contributed by atoms with E-state index in [2.05, 4.69) is 11.2 Å². The van der Waals surface area contributed by atoms with Crippen molar-refractivity contribution in [1.29, 1.82) is 0 Å². The third kappa shape index (κ3) is 2.48. The van der Waals surface area contributed by atoms with Gasteiger partial charge in [-0.15, -0.1) is 0 Å². The van der Waals surface area contributed by atoms with Crippen molar-refractivity contribution in [3.63, 3.8) is 0 Å². The molecule has 1 aliphatic carbocycles. The summed E-state index contributed by atoms with van der Waals surface area (Å²) in [7, 11) is 1.63. The van der Waals surface area contributed by atoms with E-state index in [0.717, 1.165) is 34.9 Å². The van der Waals surface area contributed by atoms with Crippen molar-refractivity contribution in [3.8, 4) is 17.2 Å². The van der Waals surface area contributed by atoms with E-state index in [9.17, 15) is 5.21 Å². The second-order valence-electron chi connectivity index (χ2n) is 5.78. The molecule has 1 heterocycles. The van der Waals surface area contributed by atoms with Gasteiger partial charge in [-0.05, 0) is 59.9 Å². The first-order chi connectivity index (χ1) is 11.3. The third-order valence-electron chi connectivity index (χ3n) is 4.46. The summed E-state index contributed by atoms with van der Waals surface area (Å²) in [4.78, 5) is 0. The van der Waals surface area contributed by atoms with Crippen LogP contribution in [0, 0.1) is 5.92 Å². The molecule has 0 amide bonds. The molecule has 2 aliphatic rings. The number of benzene rings is 2. The maximum absolute atomic E-state index is 9.45. The van der Waals surface area contributed by atoms with E-state index in [0.29, 0.717) is 5.92 Å². The van der Waals surface area contributed by atoms with Gasteiger partial charge in [0, 0.05) is 5.92 Å². The van der Waals surface area contributed by atoms with E-state index in [4.69, 9.17) is 14.2 Å². The molecule has 23 heavy (non-hydrogen) atoms. The Morgan fingerprint density at radius 1 is 1.13 bits per heavy atom. The number of hydrogen-bond acceptors (Lipinski definition) is 5. The van der Waals surface area contributed by atoms with Crippen molar-refractivity contribution in [2.24, 2.45) is 11.1 Å². The Morgan fingerprint density at radius 2 is 1.91 bits per heavy atom. The van der Waals surface area contributed by atoms with Crippen LogP contribution < -0.4 is 14.2 Å². The smallest absolute Gasteiger partial charge is 0.231 e. The van der Waals surface area contributed by atoms with Gasteiger partial charge in [0.15, 0.2) is 11.5 Å². The molecule has 0 aromatic heterocycles. The number of fused-ring (bicyclic) bond motifs is 1. The monoisotopic (exact) mass is 311 g/mol. The predicted octanol–water partition coefficient (Wildman–Crippen LogP) is 3.41. The molecule has 1 saturated carbocycles. The van der Waals surface area contributed by atoms with Gasteiger partial charge in [0.25, 0.3) is 0 Å². The molecule has 2 atom stereocenters. The predicted molar refractivity (Wildman–Crippen MR) is 84.7 cm³/mol. The zero-order valence-corrected chi connectivity index (χ0v) is 12.7. The first kappa shape index (κ1) is 13.9. The lowest BCUT2D eigenvalue weighted by atomic mass is 10.0. The number of nitrogens with zero attached hydrogens (tertiary/aromatic N) is 1. The van der Waals surface area contributed by atoms with Crippen molar-refractivity contribution in [3.05, 3.63) is 53.6 Å². The van der Waals surface area contributed by atoms with Gasteiger partial charge in [0.2, 0.25) is 6.79 Å². The van der Waals surface area contributed by atoms with Crippen LogP contribution in [0.25, 0.3) is 0 Å². The highest BCUT2D eigenvalue weighted by Gasteiger charge is 2.43. The number of ether oxygens (including phenoxy) is 3. The molecule has 1 fully saturated rings. The standard InChI is InChI=1S/C18H17NO4/c1-21-13-5-2-11(3-6-13)18(19-20)15-9-14(15)12-4-7-16-17(8-12)23-10-22-16/h2-8,14-15,20H,9-10H2,1H3/b19-18+. The van der Waals surface area contributed by atoms with Crippen LogP contribution in [0.5, 0.6) is 17.2 Å². The van der Waals surface area contributed by atoms with Crippen molar-refractivity contribution in [2.75, 3.05) is 13.9 Å². The van der Waals surface area contributed by atoms with Gasteiger partial charge in [0.05, 0.1) is 12.8 Å². The van der Waals surface area contributed by atoms with Crippen molar-refractivity contribution < 1.29 is 19.4 Å². The highest BCUT2D eigenvalue weighted by atomic mass is 16.7. The van der Waals surface area contributed by atoms with Crippen LogP contribution in [0.4, 0.5) is 0 Å². The highest BCUT2D eigenvalue weighted by Crippen LogP contribution is 2.51. The minimum Gasteiger partial charge on any atom is -0.497 e. The lowest BCUT2D eigenvalue weighted by Gasteiger charge is -2.06. The molecule has 2 aromatic carbocycles. The summed E-state index contributed by atoms with van der Waals surface area (Å²) in [6, 6.07) is 13.6. The number of rotatable bonds is 4. The fourth-order valence-electron chi connectivity index (χ4n) is 3.12. The van der Waals surface area contributed by atoms with Crippen LogP contribution in [0.2, 0.25) is 0 Å². The SMILES string of the molecule is COc1ccc(/C(=N\O)C2CC2c2ccc3c(c2)OCO3)cc1. The summed E-state index contributed by atoms with van der Waals surface area (Å²) >= 11 is 0. The van der Waals surface area contributed by atoms with Crippen molar-refractivity contribution in [1.82, 2.24) is 0 Å². The van der Waals surface area contributed by atoms with Crippen molar-refractivity contribution >= 4 is 5.71 Å². The Bertz CT molecular complexity index is 754. The minimum atomic E-state index is 0.216. The summed E-state index contributed by atoms with van der Waals surface area (Å²) in [6.45, 7) is 0.280. The summed E-state index contributed by atoms with van der Waals surface area (Å²) in [5, 5.41) is 13.0. The van der Waals surface area contributed by atoms with Crippen LogP contribution in [0.3, 0.4) is 0 Å². The number of hydrogen-bond donors (Lipinski definition) is 1. The summed E-state index contributed by atoms with van der Waals surface area (Å²) in [5.74, 6) is 2.93.